The lowest BCUT2D eigenvalue weighted by Gasteiger charge is -2.17. The number of hydrogen-bond donors (Lipinski definition) is 2. The van der Waals surface area contributed by atoms with E-state index in [1.54, 1.807) is 0 Å². The van der Waals surface area contributed by atoms with Crippen LogP contribution in [0.25, 0.3) is 0 Å². The van der Waals surface area contributed by atoms with Gasteiger partial charge in [-0.2, -0.15) is 0 Å². The molecule has 0 aliphatic heterocycles. The molecule has 0 aliphatic rings. The van der Waals surface area contributed by atoms with Crippen LogP contribution in [0.4, 0.5) is 0 Å². The van der Waals surface area contributed by atoms with Crippen LogP contribution in [0.2, 0.25) is 0 Å². The van der Waals surface area contributed by atoms with Crippen LogP contribution in [0.3, 0.4) is 0 Å². The van der Waals surface area contributed by atoms with Crippen LogP contribution in [0, 0.1) is 0 Å². The lowest BCUT2D eigenvalue weighted by atomic mass is 10.0. The predicted molar refractivity (Wildman–Crippen MR) is 183 cm³/mol. The zero-order chi connectivity index (χ0) is 29.2. The van der Waals surface area contributed by atoms with Crippen molar-refractivity contribution >= 4 is 8.38 Å². The Hall–Kier alpha value is 0.350. The van der Waals surface area contributed by atoms with Gasteiger partial charge in [0.25, 0.3) is 0 Å². The molecule has 0 aromatic carbocycles. The molecule has 0 spiro atoms. The van der Waals surface area contributed by atoms with Gasteiger partial charge in [-0.15, -0.1) is 0 Å². The Labute approximate surface area is 255 Å². The number of unbranched alkanes of at least 4 members (excludes halogenated alkanes) is 30. The minimum absolute atomic E-state index is 0.160. The van der Waals surface area contributed by atoms with Gasteiger partial charge < -0.3 is 9.79 Å². The standard InChI is InChI=1S/C37H77O2P/c1-3-5-7-9-11-13-15-17-19-21-23-25-27-29-31-33-35-37(40(38)39)36-34-32-30-28-26-24-22-20-18-16-14-12-10-8-6-4-2/h37-39H,3-36H2,1-2H3. The quantitative estimate of drug-likeness (QED) is 0.0574. The molecular weight excluding hydrogens is 507 g/mol. The van der Waals surface area contributed by atoms with Gasteiger partial charge in [-0.25, -0.2) is 0 Å². The molecule has 0 saturated carbocycles. The van der Waals surface area contributed by atoms with Crippen molar-refractivity contribution in [2.24, 2.45) is 0 Å². The second-order valence-electron chi connectivity index (χ2n) is 13.2. The van der Waals surface area contributed by atoms with Gasteiger partial charge >= 0.3 is 0 Å². The normalized spacial score (nSPS) is 11.8. The maximum absolute atomic E-state index is 9.88. The first-order chi connectivity index (χ1) is 19.7. The van der Waals surface area contributed by atoms with Gasteiger partial charge in [0, 0.05) is 5.66 Å². The first-order valence-corrected chi connectivity index (χ1v) is 20.2. The largest absolute Gasteiger partial charge is 0.350 e. The Morgan fingerprint density at radius 1 is 0.300 bits per heavy atom. The van der Waals surface area contributed by atoms with Crippen molar-refractivity contribution in [3.05, 3.63) is 0 Å². The van der Waals surface area contributed by atoms with Gasteiger partial charge in [-0.1, -0.05) is 219 Å². The van der Waals surface area contributed by atoms with Crippen molar-refractivity contribution in [3.8, 4) is 0 Å². The Morgan fingerprint density at radius 2 is 0.475 bits per heavy atom. The van der Waals surface area contributed by atoms with E-state index in [1.807, 2.05) is 0 Å². The van der Waals surface area contributed by atoms with E-state index in [1.165, 1.54) is 205 Å². The fourth-order valence-electron chi connectivity index (χ4n) is 6.23. The highest BCUT2D eigenvalue weighted by molar-refractivity contribution is 7.45. The topological polar surface area (TPSA) is 40.5 Å². The summed E-state index contributed by atoms with van der Waals surface area (Å²) in [5, 5.41) is 0. The predicted octanol–water partition coefficient (Wildman–Crippen LogP) is 14.0. The SMILES string of the molecule is CCCCCCCCCCCCCCCCCCC(CCCCCCCCCCCCCCCCCC)P(O)O. The summed E-state index contributed by atoms with van der Waals surface area (Å²) < 4.78 is 0. The number of rotatable bonds is 35. The molecular formula is C37H77O2P. The molecule has 40 heavy (non-hydrogen) atoms. The third kappa shape index (κ3) is 32.9. The van der Waals surface area contributed by atoms with Crippen LogP contribution in [-0.4, -0.2) is 15.4 Å². The molecule has 0 heterocycles. The lowest BCUT2D eigenvalue weighted by Crippen LogP contribution is -2.05. The van der Waals surface area contributed by atoms with Crippen LogP contribution < -0.4 is 0 Å². The Kier molecular flexibility index (Phi) is 35.9. The smallest absolute Gasteiger partial charge is 0.168 e. The van der Waals surface area contributed by atoms with E-state index < -0.39 is 8.38 Å². The van der Waals surface area contributed by atoms with Crippen molar-refractivity contribution in [2.45, 2.75) is 238 Å². The van der Waals surface area contributed by atoms with Gasteiger partial charge in [0.15, 0.2) is 8.38 Å². The number of hydrogen-bond acceptors (Lipinski definition) is 2. The van der Waals surface area contributed by atoms with Crippen molar-refractivity contribution < 1.29 is 9.79 Å². The molecule has 0 aromatic heterocycles. The van der Waals surface area contributed by atoms with Crippen molar-refractivity contribution in [1.82, 2.24) is 0 Å². The first kappa shape index (κ1) is 40.4. The van der Waals surface area contributed by atoms with Crippen molar-refractivity contribution in [3.63, 3.8) is 0 Å². The molecule has 0 fully saturated rings. The monoisotopic (exact) mass is 585 g/mol. The van der Waals surface area contributed by atoms with Crippen LogP contribution >= 0.6 is 8.38 Å². The van der Waals surface area contributed by atoms with E-state index in [0.29, 0.717) is 0 Å². The summed E-state index contributed by atoms with van der Waals surface area (Å²) in [5.41, 5.74) is 0.160. The van der Waals surface area contributed by atoms with Crippen molar-refractivity contribution in [2.75, 3.05) is 0 Å². The Bertz CT molecular complexity index is 406. The highest BCUT2D eigenvalue weighted by Gasteiger charge is 2.16. The molecule has 0 bridgehead atoms. The van der Waals surface area contributed by atoms with Crippen molar-refractivity contribution in [1.29, 1.82) is 0 Å². The van der Waals surface area contributed by atoms with Gasteiger partial charge in [-0.3, -0.25) is 0 Å². The van der Waals surface area contributed by atoms with E-state index in [-0.39, 0.29) is 5.66 Å². The molecule has 0 rings (SSSR count). The van der Waals surface area contributed by atoms with E-state index in [0.717, 1.165) is 12.8 Å². The van der Waals surface area contributed by atoms with Crippen LogP contribution in [0.15, 0.2) is 0 Å². The maximum Gasteiger partial charge on any atom is 0.168 e. The first-order valence-electron chi connectivity index (χ1n) is 18.9. The van der Waals surface area contributed by atoms with Gasteiger partial charge in [-0.05, 0) is 12.8 Å². The van der Waals surface area contributed by atoms with Gasteiger partial charge in [0.2, 0.25) is 0 Å². The highest BCUT2D eigenvalue weighted by Crippen LogP contribution is 2.38. The minimum atomic E-state index is -1.75. The van der Waals surface area contributed by atoms with Crippen LogP contribution in [0.5, 0.6) is 0 Å². The van der Waals surface area contributed by atoms with E-state index in [2.05, 4.69) is 13.8 Å². The maximum atomic E-state index is 9.88. The molecule has 0 radical (unpaired) electrons. The Morgan fingerprint density at radius 3 is 0.650 bits per heavy atom. The summed E-state index contributed by atoms with van der Waals surface area (Å²) in [7, 11) is -1.75. The summed E-state index contributed by atoms with van der Waals surface area (Å²) >= 11 is 0. The molecule has 0 atom stereocenters. The van der Waals surface area contributed by atoms with E-state index in [4.69, 9.17) is 0 Å². The third-order valence-corrected chi connectivity index (χ3v) is 10.3. The average molecular weight is 585 g/mol. The lowest BCUT2D eigenvalue weighted by molar-refractivity contribution is 0.437. The molecule has 2 nitrogen and oxygen atoms in total. The summed E-state index contributed by atoms with van der Waals surface area (Å²) in [4.78, 5) is 19.8. The molecule has 0 unspecified atom stereocenters. The van der Waals surface area contributed by atoms with Gasteiger partial charge in [0.05, 0.1) is 0 Å². The van der Waals surface area contributed by atoms with E-state index >= 15 is 0 Å². The highest BCUT2D eigenvalue weighted by atomic mass is 31.2. The Balaban J connectivity index is 3.37. The van der Waals surface area contributed by atoms with Gasteiger partial charge in [0.1, 0.15) is 0 Å². The van der Waals surface area contributed by atoms with Crippen LogP contribution in [-0.2, 0) is 0 Å². The van der Waals surface area contributed by atoms with Crippen LogP contribution in [0.1, 0.15) is 232 Å². The molecule has 0 saturated heterocycles. The zero-order valence-electron chi connectivity index (χ0n) is 28.0. The second kappa shape index (κ2) is 35.5. The summed E-state index contributed by atoms with van der Waals surface area (Å²) in [6, 6.07) is 0. The second-order valence-corrected chi connectivity index (χ2v) is 14.5. The molecule has 0 amide bonds. The molecule has 3 heteroatoms. The fourth-order valence-corrected chi connectivity index (χ4v) is 7.06. The molecule has 242 valence electrons. The molecule has 0 aliphatic carbocycles. The zero-order valence-corrected chi connectivity index (χ0v) is 28.9. The fraction of sp³-hybridized carbons (Fsp3) is 1.00. The third-order valence-electron chi connectivity index (χ3n) is 9.11. The van der Waals surface area contributed by atoms with E-state index in [9.17, 15) is 9.79 Å². The summed E-state index contributed by atoms with van der Waals surface area (Å²) in [5.74, 6) is 0. The molecule has 2 N–H and O–H groups in total. The molecule has 0 aromatic rings. The summed E-state index contributed by atoms with van der Waals surface area (Å²) in [6.07, 6.45) is 46.6. The minimum Gasteiger partial charge on any atom is -0.350 e. The average Bonchev–Trinajstić information content (AvgIpc) is 2.95. The summed E-state index contributed by atoms with van der Waals surface area (Å²) in [6.45, 7) is 4.59.